The molecule has 0 saturated carbocycles. The SMILES string of the molecule is CN1CC[C@@]23C=C[C@H](O)C[C@@H]2Oc2c(OCCCCCCCCCC[N+](C)(C)C)ccc(c23)C1. The van der Waals surface area contributed by atoms with Gasteiger partial charge in [-0.2, -0.15) is 0 Å². The van der Waals surface area contributed by atoms with Crippen molar-refractivity contribution < 1.29 is 19.1 Å². The first-order valence-corrected chi connectivity index (χ1v) is 13.6. The van der Waals surface area contributed by atoms with E-state index in [-0.39, 0.29) is 11.5 Å². The Morgan fingerprint density at radius 1 is 1.06 bits per heavy atom. The molecular weight excluding hydrogens is 424 g/mol. The third-order valence-electron chi connectivity index (χ3n) is 7.91. The van der Waals surface area contributed by atoms with Crippen molar-refractivity contribution in [1.29, 1.82) is 0 Å². The van der Waals surface area contributed by atoms with Gasteiger partial charge < -0.3 is 24.0 Å². The second kappa shape index (κ2) is 11.0. The Morgan fingerprint density at radius 2 is 1.76 bits per heavy atom. The quantitative estimate of drug-likeness (QED) is 0.263. The van der Waals surface area contributed by atoms with E-state index >= 15 is 0 Å². The van der Waals surface area contributed by atoms with Gasteiger partial charge in [0.1, 0.15) is 6.10 Å². The van der Waals surface area contributed by atoms with Gasteiger partial charge in [0.05, 0.1) is 45.8 Å². The molecule has 2 aliphatic heterocycles. The van der Waals surface area contributed by atoms with Crippen LogP contribution in [0.1, 0.15) is 75.3 Å². The van der Waals surface area contributed by atoms with Gasteiger partial charge in [-0.3, -0.25) is 0 Å². The van der Waals surface area contributed by atoms with Crippen molar-refractivity contribution in [2.75, 3.05) is 47.9 Å². The minimum Gasteiger partial charge on any atom is -0.490 e. The van der Waals surface area contributed by atoms with Crippen LogP contribution in [0.3, 0.4) is 0 Å². The Balaban J connectivity index is 1.25. The van der Waals surface area contributed by atoms with Gasteiger partial charge in [-0.15, -0.1) is 0 Å². The monoisotopic (exact) mass is 471 g/mol. The fourth-order valence-corrected chi connectivity index (χ4v) is 5.96. The highest BCUT2D eigenvalue weighted by atomic mass is 16.5. The Kier molecular flexibility index (Phi) is 8.27. The molecule has 0 amide bonds. The van der Waals surface area contributed by atoms with E-state index in [9.17, 15) is 5.11 Å². The molecule has 0 saturated heterocycles. The van der Waals surface area contributed by atoms with Crippen LogP contribution in [-0.4, -0.2) is 74.6 Å². The highest BCUT2D eigenvalue weighted by Gasteiger charge is 2.52. The maximum Gasteiger partial charge on any atom is 0.166 e. The lowest BCUT2D eigenvalue weighted by Gasteiger charge is -2.35. The third kappa shape index (κ3) is 5.98. The van der Waals surface area contributed by atoms with E-state index in [4.69, 9.17) is 9.47 Å². The van der Waals surface area contributed by atoms with Crippen molar-refractivity contribution in [2.24, 2.45) is 0 Å². The molecule has 0 bridgehead atoms. The lowest BCUT2D eigenvalue weighted by molar-refractivity contribution is -0.870. The van der Waals surface area contributed by atoms with Gasteiger partial charge >= 0.3 is 0 Å². The molecule has 1 spiro atoms. The molecule has 34 heavy (non-hydrogen) atoms. The molecule has 0 fully saturated rings. The zero-order valence-electron chi connectivity index (χ0n) is 22.0. The second-order valence-corrected chi connectivity index (χ2v) is 11.9. The van der Waals surface area contributed by atoms with E-state index in [1.54, 1.807) is 0 Å². The molecule has 0 radical (unpaired) electrons. The molecule has 0 aromatic heterocycles. The van der Waals surface area contributed by atoms with Crippen LogP contribution in [0.25, 0.3) is 0 Å². The van der Waals surface area contributed by atoms with E-state index < -0.39 is 6.10 Å². The summed E-state index contributed by atoms with van der Waals surface area (Å²) in [5, 5.41) is 10.3. The molecular formula is C29H47N2O3+. The predicted molar refractivity (Wildman–Crippen MR) is 139 cm³/mol. The molecule has 5 heteroatoms. The minimum absolute atomic E-state index is 0.000145. The lowest BCUT2D eigenvalue weighted by atomic mass is 9.69. The van der Waals surface area contributed by atoms with Gasteiger partial charge in [0.2, 0.25) is 0 Å². The number of aliphatic hydroxyl groups is 1. The van der Waals surface area contributed by atoms with Crippen molar-refractivity contribution in [3.8, 4) is 11.5 Å². The summed E-state index contributed by atoms with van der Waals surface area (Å²) in [7, 11) is 9.02. The Labute approximate surface area is 207 Å². The Morgan fingerprint density at radius 3 is 2.50 bits per heavy atom. The average Bonchev–Trinajstić information content (AvgIpc) is 3.03. The van der Waals surface area contributed by atoms with Gasteiger partial charge in [-0.05, 0) is 50.9 Å². The minimum atomic E-state index is -0.420. The molecule has 190 valence electrons. The summed E-state index contributed by atoms with van der Waals surface area (Å²) in [5.41, 5.74) is 2.53. The first-order chi connectivity index (χ1) is 16.3. The highest BCUT2D eigenvalue weighted by Crippen LogP contribution is 2.55. The number of rotatable bonds is 12. The summed E-state index contributed by atoms with van der Waals surface area (Å²) in [6, 6.07) is 4.34. The summed E-state index contributed by atoms with van der Waals surface area (Å²) in [5.74, 6) is 1.82. The maximum atomic E-state index is 10.3. The number of hydrogen-bond donors (Lipinski definition) is 1. The van der Waals surface area contributed by atoms with Crippen LogP contribution in [0.15, 0.2) is 24.3 Å². The number of nitrogens with zero attached hydrogens (tertiary/aromatic N) is 2. The van der Waals surface area contributed by atoms with Crippen LogP contribution >= 0.6 is 0 Å². The smallest absolute Gasteiger partial charge is 0.166 e. The van der Waals surface area contributed by atoms with Crippen LogP contribution in [-0.2, 0) is 12.0 Å². The van der Waals surface area contributed by atoms with E-state index in [0.29, 0.717) is 6.42 Å². The van der Waals surface area contributed by atoms with Gasteiger partial charge in [0.25, 0.3) is 0 Å². The number of hydrogen-bond acceptors (Lipinski definition) is 4. The normalized spacial score (nSPS) is 26.0. The molecule has 1 aromatic carbocycles. The van der Waals surface area contributed by atoms with Crippen molar-refractivity contribution in [3.63, 3.8) is 0 Å². The summed E-state index contributed by atoms with van der Waals surface area (Å²) < 4.78 is 13.9. The third-order valence-corrected chi connectivity index (χ3v) is 7.91. The van der Waals surface area contributed by atoms with Gasteiger partial charge in [-0.25, -0.2) is 0 Å². The highest BCUT2D eigenvalue weighted by molar-refractivity contribution is 5.61. The summed E-state index contributed by atoms with van der Waals surface area (Å²) in [6.07, 6.45) is 15.9. The molecule has 4 rings (SSSR count). The molecule has 5 nitrogen and oxygen atoms in total. The molecule has 2 heterocycles. The summed E-state index contributed by atoms with van der Waals surface area (Å²) in [6.45, 7) is 3.99. The summed E-state index contributed by atoms with van der Waals surface area (Å²) >= 11 is 0. The van der Waals surface area contributed by atoms with Gasteiger partial charge in [0, 0.05) is 18.5 Å². The topological polar surface area (TPSA) is 41.9 Å². The molecule has 1 aromatic rings. The fraction of sp³-hybridized carbons (Fsp3) is 0.724. The molecule has 0 unspecified atom stereocenters. The molecule has 1 aliphatic carbocycles. The number of quaternary nitrogens is 1. The first-order valence-electron chi connectivity index (χ1n) is 13.6. The van der Waals surface area contributed by atoms with Crippen LogP contribution < -0.4 is 9.47 Å². The van der Waals surface area contributed by atoms with Gasteiger partial charge in [-0.1, -0.05) is 50.3 Å². The number of benzene rings is 1. The first kappa shape index (κ1) is 25.5. The van der Waals surface area contributed by atoms with E-state index in [0.717, 1.165) is 48.5 Å². The maximum absolute atomic E-state index is 10.3. The van der Waals surface area contributed by atoms with Gasteiger partial charge in [0.15, 0.2) is 11.5 Å². The summed E-state index contributed by atoms with van der Waals surface area (Å²) in [4.78, 5) is 2.39. The van der Waals surface area contributed by atoms with Crippen LogP contribution in [0, 0.1) is 0 Å². The largest absolute Gasteiger partial charge is 0.490 e. The van der Waals surface area contributed by atoms with E-state index in [1.807, 2.05) is 6.08 Å². The zero-order valence-corrected chi connectivity index (χ0v) is 22.0. The standard InChI is InChI=1S/C29H47N2O3/c1-30-18-17-29-16-15-24(32)21-26(29)34-28-25(14-13-23(22-30)27(28)29)33-20-12-10-8-6-5-7-9-11-19-31(2,3)4/h13-16,24,26,32H,5-12,17-22H2,1-4H3/q+1/t24-,26-,29-/m0/s1. The van der Waals surface area contributed by atoms with Crippen molar-refractivity contribution in [2.45, 2.75) is 88.4 Å². The van der Waals surface area contributed by atoms with Crippen LogP contribution in [0.2, 0.25) is 0 Å². The average molecular weight is 472 g/mol. The predicted octanol–water partition coefficient (Wildman–Crippen LogP) is 5.05. The number of aliphatic hydroxyl groups excluding tert-OH is 1. The fourth-order valence-electron chi connectivity index (χ4n) is 5.96. The lowest BCUT2D eigenvalue weighted by Crippen LogP contribution is -2.42. The zero-order chi connectivity index (χ0) is 24.2. The van der Waals surface area contributed by atoms with Crippen LogP contribution in [0.5, 0.6) is 11.5 Å². The molecule has 1 N–H and O–H groups in total. The Hall–Kier alpha value is -1.56. The van der Waals surface area contributed by atoms with E-state index in [1.165, 1.54) is 62.6 Å². The van der Waals surface area contributed by atoms with Crippen molar-refractivity contribution >= 4 is 0 Å². The van der Waals surface area contributed by atoms with Crippen molar-refractivity contribution in [3.05, 3.63) is 35.4 Å². The Bertz CT molecular complexity index is 847. The number of ether oxygens (including phenoxy) is 2. The number of unbranched alkanes of at least 4 members (excludes halogenated alkanes) is 7. The van der Waals surface area contributed by atoms with Crippen LogP contribution in [0.4, 0.5) is 0 Å². The van der Waals surface area contributed by atoms with E-state index in [2.05, 4.69) is 51.3 Å². The molecule has 3 aliphatic rings. The van der Waals surface area contributed by atoms with Crippen molar-refractivity contribution in [1.82, 2.24) is 4.90 Å². The second-order valence-electron chi connectivity index (χ2n) is 11.9. The molecule has 3 atom stereocenters.